The third kappa shape index (κ3) is 3.21. The normalized spacial score (nSPS) is 26.2. The van der Waals surface area contributed by atoms with Crippen LogP contribution in [0.3, 0.4) is 0 Å². The van der Waals surface area contributed by atoms with Gasteiger partial charge in [-0.3, -0.25) is 9.18 Å². The zero-order valence-electron chi connectivity index (χ0n) is 15.6. The molecular weight excluding hydrogens is 391 g/mol. The Kier molecular flexibility index (Phi) is 4.68. The van der Waals surface area contributed by atoms with E-state index in [-0.39, 0.29) is 30.6 Å². The second-order valence-corrected chi connectivity index (χ2v) is 7.63. The van der Waals surface area contributed by atoms with Gasteiger partial charge in [-0.05, 0) is 18.6 Å². The molecule has 0 spiro atoms. The van der Waals surface area contributed by atoms with Gasteiger partial charge >= 0.3 is 6.16 Å². The van der Waals surface area contributed by atoms with Crippen LogP contribution in [0.15, 0.2) is 17.1 Å². The summed E-state index contributed by atoms with van der Waals surface area (Å²) in [5.41, 5.74) is 6.00. The average molecular weight is 411 g/mol. The number of aryl methyl sites for hydroxylation is 1. The van der Waals surface area contributed by atoms with Crippen LogP contribution < -0.4 is 20.8 Å². The molecule has 7 nitrogen and oxygen atoms in total. The number of halogens is 3. The number of alkyl halides is 2. The lowest BCUT2D eigenvalue weighted by atomic mass is 10.1. The molecule has 1 aromatic carbocycles. The molecule has 0 bridgehead atoms. The van der Waals surface area contributed by atoms with Crippen LogP contribution in [0.25, 0.3) is 10.9 Å². The molecule has 0 radical (unpaired) electrons. The lowest BCUT2D eigenvalue weighted by Gasteiger charge is -2.24. The van der Waals surface area contributed by atoms with Crippen molar-refractivity contribution in [3.63, 3.8) is 0 Å². The van der Waals surface area contributed by atoms with Gasteiger partial charge in [0.15, 0.2) is 5.75 Å². The monoisotopic (exact) mass is 411 g/mol. The first-order chi connectivity index (χ1) is 13.7. The van der Waals surface area contributed by atoms with Crippen molar-refractivity contribution in [2.24, 2.45) is 11.7 Å². The number of ether oxygens (including phenoxy) is 1. The maximum atomic E-state index is 15.0. The van der Waals surface area contributed by atoms with Crippen molar-refractivity contribution in [2.75, 3.05) is 24.7 Å². The molecule has 1 aromatic heterocycles. The summed E-state index contributed by atoms with van der Waals surface area (Å²) in [6, 6.07) is -0.0675. The van der Waals surface area contributed by atoms with Crippen molar-refractivity contribution >= 4 is 22.7 Å². The standard InChI is InChI=1S/C19H20F3N3O4/c1-8-16-10(2-12(22)17(8)24-5-9(4-20)13(23)6-24)18(26)15(29-19(27)28)7-25(16)14-3-11(14)21/h2,7,9,11,13-14H,3-6,23H2,1H3,(H,27,28)/t9-,11-,13+,14+/m0/s1. The number of pyridine rings is 1. The number of rotatable bonds is 4. The van der Waals surface area contributed by atoms with Crippen LogP contribution in [-0.2, 0) is 0 Å². The van der Waals surface area contributed by atoms with Crippen LogP contribution >= 0.6 is 0 Å². The summed E-state index contributed by atoms with van der Waals surface area (Å²) in [4.78, 5) is 25.2. The predicted octanol–water partition coefficient (Wildman–Crippen LogP) is 2.52. The molecule has 10 heteroatoms. The first-order valence-electron chi connectivity index (χ1n) is 9.22. The Bertz CT molecular complexity index is 1060. The maximum absolute atomic E-state index is 15.0. The smallest absolute Gasteiger partial charge is 0.449 e. The SMILES string of the molecule is Cc1c(N2C[C@H](CF)[C@H](N)C2)c(F)cc2c(=O)c(OC(=O)O)cn([C@@H]3C[C@@H]3F)c12. The number of aromatic nitrogens is 1. The molecule has 2 aliphatic rings. The third-order valence-electron chi connectivity index (χ3n) is 5.69. The minimum atomic E-state index is -1.70. The molecule has 1 aliphatic carbocycles. The van der Waals surface area contributed by atoms with Crippen molar-refractivity contribution in [1.29, 1.82) is 0 Å². The molecule has 2 heterocycles. The van der Waals surface area contributed by atoms with Crippen molar-refractivity contribution in [3.05, 3.63) is 33.9 Å². The molecule has 4 rings (SSSR count). The number of carboxylic acid groups (broad SMARTS) is 1. The van der Waals surface area contributed by atoms with Crippen LogP contribution in [0.1, 0.15) is 18.0 Å². The van der Waals surface area contributed by atoms with Crippen molar-refractivity contribution < 1.29 is 27.8 Å². The number of anilines is 1. The fourth-order valence-corrected chi connectivity index (χ4v) is 4.14. The molecule has 156 valence electrons. The van der Waals surface area contributed by atoms with Gasteiger partial charge in [0.25, 0.3) is 0 Å². The number of fused-ring (bicyclic) bond motifs is 1. The highest BCUT2D eigenvalue weighted by atomic mass is 19.1. The minimum Gasteiger partial charge on any atom is -0.449 e. The fraction of sp³-hybridized carbons (Fsp3) is 0.474. The van der Waals surface area contributed by atoms with Gasteiger partial charge < -0.3 is 25.0 Å². The van der Waals surface area contributed by atoms with Crippen LogP contribution in [0.4, 0.5) is 23.7 Å². The maximum Gasteiger partial charge on any atom is 0.511 e. The molecular formula is C19H20F3N3O4. The molecule has 1 aliphatic heterocycles. The lowest BCUT2D eigenvalue weighted by molar-refractivity contribution is 0.143. The van der Waals surface area contributed by atoms with Gasteiger partial charge in [0, 0.05) is 31.5 Å². The van der Waals surface area contributed by atoms with E-state index >= 15 is 4.39 Å². The third-order valence-corrected chi connectivity index (χ3v) is 5.69. The van der Waals surface area contributed by atoms with Gasteiger partial charge in [0.1, 0.15) is 12.0 Å². The Hall–Kier alpha value is -2.75. The number of benzene rings is 1. The topological polar surface area (TPSA) is 97.8 Å². The summed E-state index contributed by atoms with van der Waals surface area (Å²) in [5, 5.41) is 8.76. The molecule has 0 unspecified atom stereocenters. The first kappa shape index (κ1) is 19.6. The molecule has 4 atom stereocenters. The van der Waals surface area contributed by atoms with Crippen LogP contribution in [0, 0.1) is 18.7 Å². The molecule has 2 fully saturated rings. The van der Waals surface area contributed by atoms with Gasteiger partial charge in [-0.25, -0.2) is 13.6 Å². The summed E-state index contributed by atoms with van der Waals surface area (Å²) in [5.74, 6) is -1.67. The van der Waals surface area contributed by atoms with Crippen LogP contribution in [-0.4, -0.2) is 47.8 Å². The number of hydrogen-bond acceptors (Lipinski definition) is 5. The zero-order valence-corrected chi connectivity index (χ0v) is 15.6. The van der Waals surface area contributed by atoms with E-state index in [0.29, 0.717) is 11.1 Å². The summed E-state index contributed by atoms with van der Waals surface area (Å²) in [6.07, 6.45) is -1.52. The van der Waals surface area contributed by atoms with Gasteiger partial charge in [-0.15, -0.1) is 0 Å². The Morgan fingerprint density at radius 2 is 2.10 bits per heavy atom. The lowest BCUT2D eigenvalue weighted by Crippen LogP contribution is -2.30. The number of hydrogen-bond donors (Lipinski definition) is 2. The second kappa shape index (κ2) is 6.94. The highest BCUT2D eigenvalue weighted by Crippen LogP contribution is 2.43. The molecule has 1 saturated carbocycles. The summed E-state index contributed by atoms with van der Waals surface area (Å²) in [7, 11) is 0. The zero-order chi connectivity index (χ0) is 21.0. The van der Waals surface area contributed by atoms with E-state index in [1.807, 2.05) is 0 Å². The second-order valence-electron chi connectivity index (χ2n) is 7.63. The van der Waals surface area contributed by atoms with E-state index in [0.717, 1.165) is 12.3 Å². The van der Waals surface area contributed by atoms with E-state index in [9.17, 15) is 18.4 Å². The molecule has 0 amide bonds. The number of nitrogens with zero attached hydrogens (tertiary/aromatic N) is 2. The van der Waals surface area contributed by atoms with E-state index < -0.39 is 54.0 Å². The fourth-order valence-electron chi connectivity index (χ4n) is 4.14. The Labute approximate surface area is 163 Å². The van der Waals surface area contributed by atoms with Gasteiger partial charge in [0.2, 0.25) is 5.43 Å². The predicted molar refractivity (Wildman–Crippen MR) is 99.8 cm³/mol. The highest BCUT2D eigenvalue weighted by Gasteiger charge is 2.41. The average Bonchev–Trinajstić information content (AvgIpc) is 3.25. The van der Waals surface area contributed by atoms with E-state index in [4.69, 9.17) is 10.8 Å². The quantitative estimate of drug-likeness (QED) is 0.751. The van der Waals surface area contributed by atoms with E-state index in [2.05, 4.69) is 4.74 Å². The van der Waals surface area contributed by atoms with Crippen molar-refractivity contribution in [3.8, 4) is 5.75 Å². The largest absolute Gasteiger partial charge is 0.511 e. The van der Waals surface area contributed by atoms with Crippen LogP contribution in [0.5, 0.6) is 5.75 Å². The summed E-state index contributed by atoms with van der Waals surface area (Å²) >= 11 is 0. The Balaban J connectivity index is 1.93. The molecule has 2 aromatic rings. The van der Waals surface area contributed by atoms with Crippen molar-refractivity contribution in [1.82, 2.24) is 4.57 Å². The van der Waals surface area contributed by atoms with Gasteiger partial charge in [-0.1, -0.05) is 0 Å². The molecule has 29 heavy (non-hydrogen) atoms. The van der Waals surface area contributed by atoms with E-state index in [1.165, 1.54) is 4.57 Å². The summed E-state index contributed by atoms with van der Waals surface area (Å²) in [6.45, 7) is 1.44. The Morgan fingerprint density at radius 3 is 2.66 bits per heavy atom. The van der Waals surface area contributed by atoms with Crippen LogP contribution in [0.2, 0.25) is 0 Å². The number of nitrogens with two attached hydrogens (primary N) is 1. The van der Waals surface area contributed by atoms with Gasteiger partial charge in [-0.2, -0.15) is 0 Å². The van der Waals surface area contributed by atoms with Gasteiger partial charge in [0.05, 0.1) is 35.5 Å². The first-order valence-corrected chi connectivity index (χ1v) is 9.22. The minimum absolute atomic E-state index is 0.105. The highest BCUT2D eigenvalue weighted by molar-refractivity contribution is 5.89. The van der Waals surface area contributed by atoms with E-state index in [1.54, 1.807) is 11.8 Å². The number of carbonyl (C=O) groups is 1. The molecule has 3 N–H and O–H groups in total. The Morgan fingerprint density at radius 1 is 1.41 bits per heavy atom. The summed E-state index contributed by atoms with van der Waals surface area (Å²) < 4.78 is 48.0. The van der Waals surface area contributed by atoms with Crippen molar-refractivity contribution in [2.45, 2.75) is 31.6 Å². The molecule has 1 saturated heterocycles.